The van der Waals surface area contributed by atoms with Crippen molar-refractivity contribution in [1.82, 2.24) is 9.78 Å². The van der Waals surface area contributed by atoms with E-state index in [2.05, 4.69) is 5.10 Å². The van der Waals surface area contributed by atoms with Crippen LogP contribution in [-0.2, 0) is 13.0 Å². The maximum absolute atomic E-state index is 13.5. The van der Waals surface area contributed by atoms with Crippen molar-refractivity contribution < 1.29 is 13.9 Å². The van der Waals surface area contributed by atoms with Gasteiger partial charge in [0.15, 0.2) is 0 Å². The van der Waals surface area contributed by atoms with Crippen molar-refractivity contribution in [2.24, 2.45) is 0 Å². The molecule has 1 atom stereocenters. The molecule has 0 aliphatic rings. The first-order valence-corrected chi connectivity index (χ1v) is 5.74. The predicted octanol–water partition coefficient (Wildman–Crippen LogP) is 2.46. The number of hydrogen-bond acceptors (Lipinski definition) is 2. The molecule has 5 heteroatoms. The second-order valence-electron chi connectivity index (χ2n) is 4.09. The van der Waals surface area contributed by atoms with Crippen molar-refractivity contribution in [3.8, 4) is 0 Å². The molecule has 0 bridgehead atoms. The standard InChI is InChI=1S/C13H14F2N2O/c1-2-17-8-9(7-16-17)5-13(18)11-4-3-10(14)6-12(11)15/h3-4,6-8,13,18H,2,5H2,1H3. The van der Waals surface area contributed by atoms with Crippen molar-refractivity contribution in [1.29, 1.82) is 0 Å². The molecule has 1 heterocycles. The Morgan fingerprint density at radius 1 is 1.39 bits per heavy atom. The van der Waals surface area contributed by atoms with Crippen LogP contribution in [0.15, 0.2) is 30.6 Å². The van der Waals surface area contributed by atoms with E-state index in [4.69, 9.17) is 0 Å². The number of nitrogens with zero attached hydrogens (tertiary/aromatic N) is 2. The maximum atomic E-state index is 13.5. The van der Waals surface area contributed by atoms with Crippen LogP contribution >= 0.6 is 0 Å². The first kappa shape index (κ1) is 12.7. The smallest absolute Gasteiger partial charge is 0.131 e. The zero-order valence-corrected chi connectivity index (χ0v) is 9.98. The van der Waals surface area contributed by atoms with E-state index in [-0.39, 0.29) is 12.0 Å². The lowest BCUT2D eigenvalue weighted by Gasteiger charge is -2.10. The highest BCUT2D eigenvalue weighted by Crippen LogP contribution is 2.21. The highest BCUT2D eigenvalue weighted by atomic mass is 19.1. The highest BCUT2D eigenvalue weighted by Gasteiger charge is 2.14. The number of benzene rings is 1. The van der Waals surface area contributed by atoms with Gasteiger partial charge in [-0.25, -0.2) is 8.78 Å². The molecule has 2 rings (SSSR count). The van der Waals surface area contributed by atoms with Crippen molar-refractivity contribution in [2.75, 3.05) is 0 Å². The van der Waals surface area contributed by atoms with Crippen LogP contribution < -0.4 is 0 Å². The molecular weight excluding hydrogens is 238 g/mol. The Bertz CT molecular complexity index is 540. The van der Waals surface area contributed by atoms with Gasteiger partial charge in [0.05, 0.1) is 12.3 Å². The Balaban J connectivity index is 2.13. The quantitative estimate of drug-likeness (QED) is 0.907. The summed E-state index contributed by atoms with van der Waals surface area (Å²) in [6, 6.07) is 3.17. The van der Waals surface area contributed by atoms with Crippen LogP contribution in [0.2, 0.25) is 0 Å². The van der Waals surface area contributed by atoms with Crippen molar-refractivity contribution in [2.45, 2.75) is 26.0 Å². The van der Waals surface area contributed by atoms with E-state index in [1.54, 1.807) is 17.1 Å². The Kier molecular flexibility index (Phi) is 3.72. The van der Waals surface area contributed by atoms with E-state index in [9.17, 15) is 13.9 Å². The molecule has 2 aromatic rings. The molecule has 96 valence electrons. The first-order valence-electron chi connectivity index (χ1n) is 5.74. The third-order valence-corrected chi connectivity index (χ3v) is 2.76. The highest BCUT2D eigenvalue weighted by molar-refractivity contribution is 5.22. The molecule has 0 spiro atoms. The fraction of sp³-hybridized carbons (Fsp3) is 0.308. The number of aliphatic hydroxyl groups excluding tert-OH is 1. The van der Waals surface area contributed by atoms with Gasteiger partial charge in [-0.05, 0) is 18.6 Å². The van der Waals surface area contributed by atoms with E-state index in [0.717, 1.165) is 24.2 Å². The first-order chi connectivity index (χ1) is 8.60. The Labute approximate surface area is 104 Å². The minimum atomic E-state index is -1.000. The van der Waals surface area contributed by atoms with Gasteiger partial charge in [-0.2, -0.15) is 5.10 Å². The Hall–Kier alpha value is -1.75. The second-order valence-corrected chi connectivity index (χ2v) is 4.09. The number of halogens is 2. The van der Waals surface area contributed by atoms with E-state index in [1.807, 2.05) is 6.92 Å². The Morgan fingerprint density at radius 3 is 2.78 bits per heavy atom. The summed E-state index contributed by atoms with van der Waals surface area (Å²) in [4.78, 5) is 0. The van der Waals surface area contributed by atoms with Crippen LogP contribution in [0, 0.1) is 11.6 Å². The average molecular weight is 252 g/mol. The lowest BCUT2D eigenvalue weighted by atomic mass is 10.0. The Morgan fingerprint density at radius 2 is 2.17 bits per heavy atom. The summed E-state index contributed by atoms with van der Waals surface area (Å²) in [5.74, 6) is -1.38. The van der Waals surface area contributed by atoms with E-state index in [1.165, 1.54) is 6.07 Å². The molecule has 1 unspecified atom stereocenters. The predicted molar refractivity (Wildman–Crippen MR) is 62.9 cm³/mol. The summed E-state index contributed by atoms with van der Waals surface area (Å²) in [5, 5.41) is 14.0. The van der Waals surface area contributed by atoms with Gasteiger partial charge in [0.25, 0.3) is 0 Å². The molecule has 3 nitrogen and oxygen atoms in total. The summed E-state index contributed by atoms with van der Waals surface area (Å²) in [7, 11) is 0. The number of aliphatic hydroxyl groups is 1. The molecule has 1 aromatic heterocycles. The molecule has 0 radical (unpaired) electrons. The van der Waals surface area contributed by atoms with Crippen LogP contribution in [0.25, 0.3) is 0 Å². The number of hydrogen-bond donors (Lipinski definition) is 1. The molecule has 0 saturated carbocycles. The number of aromatic nitrogens is 2. The summed E-state index contributed by atoms with van der Waals surface area (Å²) in [6.07, 6.45) is 2.68. The van der Waals surface area contributed by atoms with Gasteiger partial charge in [-0.3, -0.25) is 4.68 Å². The molecule has 18 heavy (non-hydrogen) atoms. The van der Waals surface area contributed by atoms with E-state index in [0.29, 0.717) is 0 Å². The molecule has 0 saturated heterocycles. The average Bonchev–Trinajstić information content (AvgIpc) is 2.76. The fourth-order valence-corrected chi connectivity index (χ4v) is 1.79. The molecule has 0 aliphatic carbocycles. The van der Waals surface area contributed by atoms with Gasteiger partial charge in [0.2, 0.25) is 0 Å². The maximum Gasteiger partial charge on any atom is 0.131 e. The SMILES string of the molecule is CCn1cc(CC(O)c2ccc(F)cc2F)cn1. The molecule has 0 fully saturated rings. The number of rotatable bonds is 4. The van der Waals surface area contributed by atoms with Crippen LogP contribution in [0.5, 0.6) is 0 Å². The number of aryl methyl sites for hydroxylation is 1. The summed E-state index contributed by atoms with van der Waals surface area (Å²) >= 11 is 0. The van der Waals surface area contributed by atoms with Crippen LogP contribution in [0.1, 0.15) is 24.2 Å². The lowest BCUT2D eigenvalue weighted by Crippen LogP contribution is -2.04. The van der Waals surface area contributed by atoms with Crippen LogP contribution in [0.4, 0.5) is 8.78 Å². The molecule has 1 N–H and O–H groups in total. The minimum Gasteiger partial charge on any atom is -0.388 e. The van der Waals surface area contributed by atoms with Gasteiger partial charge in [-0.15, -0.1) is 0 Å². The van der Waals surface area contributed by atoms with Crippen LogP contribution in [0.3, 0.4) is 0 Å². The van der Waals surface area contributed by atoms with Crippen LogP contribution in [-0.4, -0.2) is 14.9 Å². The van der Waals surface area contributed by atoms with Gasteiger partial charge in [-0.1, -0.05) is 6.07 Å². The minimum absolute atomic E-state index is 0.0978. The summed E-state index contributed by atoms with van der Waals surface area (Å²) < 4.78 is 27.9. The normalized spacial score (nSPS) is 12.7. The van der Waals surface area contributed by atoms with Gasteiger partial charge >= 0.3 is 0 Å². The van der Waals surface area contributed by atoms with Crippen molar-refractivity contribution in [3.05, 3.63) is 53.4 Å². The monoisotopic (exact) mass is 252 g/mol. The van der Waals surface area contributed by atoms with Gasteiger partial charge in [0, 0.05) is 30.8 Å². The molecular formula is C13H14F2N2O. The van der Waals surface area contributed by atoms with E-state index >= 15 is 0 Å². The lowest BCUT2D eigenvalue weighted by molar-refractivity contribution is 0.173. The fourth-order valence-electron chi connectivity index (χ4n) is 1.79. The van der Waals surface area contributed by atoms with Crippen molar-refractivity contribution in [3.63, 3.8) is 0 Å². The third-order valence-electron chi connectivity index (χ3n) is 2.76. The largest absolute Gasteiger partial charge is 0.388 e. The van der Waals surface area contributed by atoms with E-state index < -0.39 is 17.7 Å². The molecule has 0 amide bonds. The molecule has 1 aromatic carbocycles. The second kappa shape index (κ2) is 5.27. The third kappa shape index (κ3) is 2.73. The zero-order valence-electron chi connectivity index (χ0n) is 9.98. The zero-order chi connectivity index (χ0) is 13.1. The van der Waals surface area contributed by atoms with Gasteiger partial charge < -0.3 is 5.11 Å². The molecule has 0 aliphatic heterocycles. The summed E-state index contributed by atoms with van der Waals surface area (Å²) in [6.45, 7) is 2.69. The topological polar surface area (TPSA) is 38.0 Å². The van der Waals surface area contributed by atoms with Crippen molar-refractivity contribution >= 4 is 0 Å². The van der Waals surface area contributed by atoms with Gasteiger partial charge in [0.1, 0.15) is 11.6 Å². The summed E-state index contributed by atoms with van der Waals surface area (Å²) in [5.41, 5.74) is 0.911.